The highest BCUT2D eigenvalue weighted by molar-refractivity contribution is 5.96. The number of halogens is 1. The normalized spacial score (nSPS) is 21.6. The largest absolute Gasteiger partial charge is 0.331 e. The van der Waals surface area contributed by atoms with Gasteiger partial charge < -0.3 is 4.90 Å². The zero-order chi connectivity index (χ0) is 20.9. The number of amides is 2. The second-order valence-corrected chi connectivity index (χ2v) is 7.93. The summed E-state index contributed by atoms with van der Waals surface area (Å²) in [6, 6.07) is 5.62. The predicted octanol–water partition coefficient (Wildman–Crippen LogP) is 2.44. The van der Waals surface area contributed by atoms with Gasteiger partial charge in [0.05, 0.1) is 18.8 Å². The number of fused-ring (bicyclic) bond motifs is 3. The Kier molecular flexibility index (Phi) is 4.90. The van der Waals surface area contributed by atoms with Crippen molar-refractivity contribution in [2.24, 2.45) is 0 Å². The van der Waals surface area contributed by atoms with Crippen LogP contribution in [0.5, 0.6) is 0 Å². The number of nitrogens with zero attached hydrogens (tertiary/aromatic N) is 4. The lowest BCUT2D eigenvalue weighted by atomic mass is 9.97. The Morgan fingerprint density at radius 1 is 1.31 bits per heavy atom. The fraction of sp³-hybridized carbons (Fsp3) is 0.476. The van der Waals surface area contributed by atoms with E-state index in [9.17, 15) is 14.0 Å². The third-order valence-corrected chi connectivity index (χ3v) is 5.84. The first kappa shape index (κ1) is 19.6. The monoisotopic (exact) mass is 400 g/mol. The van der Waals surface area contributed by atoms with E-state index in [-0.39, 0.29) is 30.9 Å². The molecule has 1 aromatic carbocycles. The molecule has 1 aromatic heterocycles. The van der Waals surface area contributed by atoms with Crippen LogP contribution in [-0.2, 0) is 24.3 Å². The molecular formula is C21H25FN4O3. The second kappa shape index (κ2) is 7.26. The average molecular weight is 400 g/mol. The molecule has 0 N–H and O–H groups in total. The summed E-state index contributed by atoms with van der Waals surface area (Å²) in [4.78, 5) is 33.2. The Morgan fingerprint density at radius 2 is 2.07 bits per heavy atom. The minimum Gasteiger partial charge on any atom is -0.331 e. The Bertz CT molecular complexity index is 987. The molecule has 2 aliphatic rings. The van der Waals surface area contributed by atoms with Gasteiger partial charge in [-0.1, -0.05) is 6.07 Å². The molecule has 2 aromatic rings. The van der Waals surface area contributed by atoms with E-state index in [4.69, 9.17) is 4.84 Å². The average Bonchev–Trinajstić information content (AvgIpc) is 2.98. The van der Waals surface area contributed by atoms with Crippen LogP contribution in [0, 0.1) is 13.8 Å². The molecule has 2 atom stereocenters. The van der Waals surface area contributed by atoms with Crippen molar-refractivity contribution in [3.05, 3.63) is 51.8 Å². The lowest BCUT2D eigenvalue weighted by Gasteiger charge is -2.33. The third kappa shape index (κ3) is 3.31. The van der Waals surface area contributed by atoms with Crippen LogP contribution in [0.4, 0.5) is 4.39 Å². The molecule has 0 bridgehead atoms. The smallest absolute Gasteiger partial charge is 0.295 e. The van der Waals surface area contributed by atoms with E-state index in [1.54, 1.807) is 4.90 Å². The van der Waals surface area contributed by atoms with Gasteiger partial charge in [0.25, 0.3) is 11.8 Å². The van der Waals surface area contributed by atoms with Crippen molar-refractivity contribution >= 4 is 11.8 Å². The lowest BCUT2D eigenvalue weighted by molar-refractivity contribution is -0.152. The highest BCUT2D eigenvalue weighted by Gasteiger charge is 2.37. The third-order valence-electron chi connectivity index (χ3n) is 5.84. The van der Waals surface area contributed by atoms with Crippen molar-refractivity contribution < 1.29 is 18.8 Å². The van der Waals surface area contributed by atoms with E-state index in [1.807, 2.05) is 39.0 Å². The molecule has 7 nitrogen and oxygen atoms in total. The van der Waals surface area contributed by atoms with Gasteiger partial charge in [-0.15, -0.1) is 0 Å². The number of carbonyl (C=O) groups is 2. The van der Waals surface area contributed by atoms with Gasteiger partial charge in [0, 0.05) is 30.6 Å². The first-order valence-electron chi connectivity index (χ1n) is 9.77. The SMILES string of the molecule is Cc1ccc(C(=O)N2Cc3c(nn4c3C(=O)N(C)O[C@@H](CF)C4)C[C@H]2C)cc1C. The van der Waals surface area contributed by atoms with Crippen molar-refractivity contribution in [3.63, 3.8) is 0 Å². The minimum absolute atomic E-state index is 0.0585. The summed E-state index contributed by atoms with van der Waals surface area (Å²) in [7, 11) is 1.48. The van der Waals surface area contributed by atoms with Crippen LogP contribution < -0.4 is 0 Å². The quantitative estimate of drug-likeness (QED) is 0.777. The highest BCUT2D eigenvalue weighted by Crippen LogP contribution is 2.30. The molecule has 0 fully saturated rings. The van der Waals surface area contributed by atoms with Gasteiger partial charge >= 0.3 is 0 Å². The molecule has 3 heterocycles. The maximum atomic E-state index is 13.3. The molecule has 2 aliphatic heterocycles. The number of aromatic nitrogens is 2. The van der Waals surface area contributed by atoms with E-state index in [2.05, 4.69) is 5.10 Å². The summed E-state index contributed by atoms with van der Waals surface area (Å²) in [5.74, 6) is -0.443. The van der Waals surface area contributed by atoms with E-state index >= 15 is 0 Å². The molecule has 0 aliphatic carbocycles. The van der Waals surface area contributed by atoms with Gasteiger partial charge in [0.1, 0.15) is 18.5 Å². The minimum atomic E-state index is -0.766. The van der Waals surface area contributed by atoms with E-state index in [1.165, 1.54) is 11.7 Å². The first-order valence-corrected chi connectivity index (χ1v) is 9.77. The topological polar surface area (TPSA) is 67.7 Å². The first-order chi connectivity index (χ1) is 13.8. The molecule has 29 heavy (non-hydrogen) atoms. The summed E-state index contributed by atoms with van der Waals surface area (Å²) >= 11 is 0. The van der Waals surface area contributed by atoms with Gasteiger partial charge in [-0.2, -0.15) is 5.10 Å². The molecule has 0 radical (unpaired) electrons. The fourth-order valence-corrected chi connectivity index (χ4v) is 4.00. The van der Waals surface area contributed by atoms with Gasteiger partial charge in [-0.05, 0) is 44.0 Å². The van der Waals surface area contributed by atoms with Gasteiger partial charge in [-0.25, -0.2) is 9.45 Å². The Balaban J connectivity index is 1.70. The van der Waals surface area contributed by atoms with Crippen LogP contribution >= 0.6 is 0 Å². The van der Waals surface area contributed by atoms with Crippen molar-refractivity contribution in [1.82, 2.24) is 19.7 Å². The van der Waals surface area contributed by atoms with Crippen LogP contribution in [0.3, 0.4) is 0 Å². The molecular weight excluding hydrogens is 375 g/mol. The fourth-order valence-electron chi connectivity index (χ4n) is 4.00. The lowest BCUT2D eigenvalue weighted by Crippen LogP contribution is -2.43. The molecule has 0 saturated heterocycles. The highest BCUT2D eigenvalue weighted by atomic mass is 19.1. The van der Waals surface area contributed by atoms with Crippen molar-refractivity contribution in [3.8, 4) is 0 Å². The summed E-state index contributed by atoms with van der Waals surface area (Å²) in [6.07, 6.45) is -0.221. The standard InChI is InChI=1S/C21H25FN4O3/c1-12-5-6-15(7-13(12)2)20(27)25-11-17-18(8-14(25)3)23-26-10-16(9-22)29-24(4)21(28)19(17)26/h5-7,14,16H,8-11H2,1-4H3/t14-,16+/m1/s1. The van der Waals surface area contributed by atoms with Crippen molar-refractivity contribution in [2.75, 3.05) is 13.7 Å². The maximum Gasteiger partial charge on any atom is 0.295 e. The van der Waals surface area contributed by atoms with E-state index in [0.29, 0.717) is 17.7 Å². The van der Waals surface area contributed by atoms with Crippen LogP contribution in [0.15, 0.2) is 18.2 Å². The molecule has 154 valence electrons. The summed E-state index contributed by atoms with van der Waals surface area (Å²) < 4.78 is 14.8. The Hall–Kier alpha value is -2.74. The van der Waals surface area contributed by atoms with Gasteiger partial charge in [0.2, 0.25) is 0 Å². The number of rotatable bonds is 2. The number of carbonyl (C=O) groups excluding carboxylic acids is 2. The molecule has 2 amide bonds. The maximum absolute atomic E-state index is 13.3. The van der Waals surface area contributed by atoms with Gasteiger partial charge in [-0.3, -0.25) is 19.1 Å². The van der Waals surface area contributed by atoms with Gasteiger partial charge in [0.15, 0.2) is 0 Å². The van der Waals surface area contributed by atoms with Crippen molar-refractivity contribution in [2.45, 2.75) is 52.4 Å². The number of hydrogen-bond acceptors (Lipinski definition) is 4. The van der Waals surface area contributed by atoms with Crippen LogP contribution in [0.2, 0.25) is 0 Å². The number of alkyl halides is 1. The van der Waals surface area contributed by atoms with E-state index in [0.717, 1.165) is 27.4 Å². The molecule has 0 spiro atoms. The zero-order valence-corrected chi connectivity index (χ0v) is 17.1. The summed E-state index contributed by atoms with van der Waals surface area (Å²) in [5.41, 5.74) is 4.72. The number of aryl methyl sites for hydroxylation is 2. The number of hydrogen-bond donors (Lipinski definition) is 0. The van der Waals surface area contributed by atoms with E-state index < -0.39 is 12.8 Å². The number of hydroxylamine groups is 2. The molecule has 8 heteroatoms. The molecule has 0 saturated carbocycles. The summed E-state index contributed by atoms with van der Waals surface area (Å²) in [5, 5.41) is 5.63. The second-order valence-electron chi connectivity index (χ2n) is 7.93. The number of benzene rings is 1. The Labute approximate surface area is 169 Å². The van der Waals surface area contributed by atoms with Crippen LogP contribution in [0.25, 0.3) is 0 Å². The van der Waals surface area contributed by atoms with Crippen molar-refractivity contribution in [1.29, 1.82) is 0 Å². The Morgan fingerprint density at radius 3 is 2.76 bits per heavy atom. The molecule has 0 unspecified atom stereocenters. The summed E-state index contributed by atoms with van der Waals surface area (Å²) in [6.45, 7) is 5.71. The molecule has 4 rings (SSSR count). The zero-order valence-electron chi connectivity index (χ0n) is 17.1. The predicted molar refractivity (Wildman–Crippen MR) is 104 cm³/mol. The van der Waals surface area contributed by atoms with Crippen LogP contribution in [-0.4, -0.2) is 57.4 Å². The van der Waals surface area contributed by atoms with Crippen LogP contribution in [0.1, 0.15) is 50.2 Å².